The van der Waals surface area contributed by atoms with E-state index in [1.165, 1.54) is 0 Å². The van der Waals surface area contributed by atoms with Crippen molar-refractivity contribution in [3.05, 3.63) is 0 Å². The van der Waals surface area contributed by atoms with Gasteiger partial charge in [0.2, 0.25) is 0 Å². The Bertz CT molecular complexity index is 190. The average molecular weight is 215 g/mol. The lowest BCUT2D eigenvalue weighted by Crippen LogP contribution is -2.34. The summed E-state index contributed by atoms with van der Waals surface area (Å²) >= 11 is 0. The van der Waals surface area contributed by atoms with E-state index in [9.17, 15) is 4.79 Å². The summed E-state index contributed by atoms with van der Waals surface area (Å²) < 4.78 is 10.4. The lowest BCUT2D eigenvalue weighted by Gasteiger charge is -2.13. The van der Waals surface area contributed by atoms with Gasteiger partial charge < -0.3 is 15.2 Å². The monoisotopic (exact) mass is 215 g/mol. The molecule has 0 aliphatic carbocycles. The Balaban J connectivity index is 2.11. The SMILES string of the molecule is CCCC[C@H](N)C(=O)OCC1CCCO1. The molecule has 4 heteroatoms. The summed E-state index contributed by atoms with van der Waals surface area (Å²) in [7, 11) is 0. The second-order valence-electron chi connectivity index (χ2n) is 4.01. The Morgan fingerprint density at radius 3 is 3.07 bits per heavy atom. The third-order valence-electron chi connectivity index (χ3n) is 2.61. The van der Waals surface area contributed by atoms with Crippen LogP contribution in [0.3, 0.4) is 0 Å². The molecule has 1 rings (SSSR count). The van der Waals surface area contributed by atoms with Gasteiger partial charge in [0.15, 0.2) is 0 Å². The molecule has 1 fully saturated rings. The highest BCUT2D eigenvalue weighted by atomic mass is 16.6. The maximum Gasteiger partial charge on any atom is 0.322 e. The number of carbonyl (C=O) groups excluding carboxylic acids is 1. The molecule has 0 radical (unpaired) electrons. The van der Waals surface area contributed by atoms with Crippen LogP contribution in [0.2, 0.25) is 0 Å². The average Bonchev–Trinajstić information content (AvgIpc) is 2.75. The first-order valence-corrected chi connectivity index (χ1v) is 5.78. The van der Waals surface area contributed by atoms with Crippen LogP contribution in [0, 0.1) is 0 Å². The number of esters is 1. The molecule has 1 unspecified atom stereocenters. The first-order valence-electron chi connectivity index (χ1n) is 5.78. The van der Waals surface area contributed by atoms with E-state index in [2.05, 4.69) is 6.92 Å². The Kier molecular flexibility index (Phi) is 5.65. The second kappa shape index (κ2) is 6.80. The van der Waals surface area contributed by atoms with Crippen molar-refractivity contribution >= 4 is 5.97 Å². The fourth-order valence-corrected chi connectivity index (χ4v) is 1.60. The van der Waals surface area contributed by atoms with Gasteiger partial charge in [0.05, 0.1) is 6.10 Å². The highest BCUT2D eigenvalue weighted by Gasteiger charge is 2.20. The van der Waals surface area contributed by atoms with E-state index >= 15 is 0 Å². The van der Waals surface area contributed by atoms with Crippen LogP contribution in [-0.4, -0.2) is 31.3 Å². The van der Waals surface area contributed by atoms with Crippen molar-refractivity contribution in [3.8, 4) is 0 Å². The molecule has 15 heavy (non-hydrogen) atoms. The Labute approximate surface area is 91.1 Å². The molecule has 2 atom stereocenters. The smallest absolute Gasteiger partial charge is 0.322 e. The van der Waals surface area contributed by atoms with Crippen LogP contribution in [0.4, 0.5) is 0 Å². The van der Waals surface area contributed by atoms with Crippen molar-refractivity contribution < 1.29 is 14.3 Å². The van der Waals surface area contributed by atoms with E-state index in [4.69, 9.17) is 15.2 Å². The van der Waals surface area contributed by atoms with E-state index in [0.717, 1.165) is 32.3 Å². The van der Waals surface area contributed by atoms with Gasteiger partial charge in [-0.15, -0.1) is 0 Å². The topological polar surface area (TPSA) is 61.6 Å². The molecular formula is C11H21NO3. The maximum atomic E-state index is 11.4. The number of nitrogens with two attached hydrogens (primary N) is 1. The summed E-state index contributed by atoms with van der Waals surface area (Å²) in [4.78, 5) is 11.4. The lowest BCUT2D eigenvalue weighted by atomic mass is 10.1. The van der Waals surface area contributed by atoms with Gasteiger partial charge in [0.25, 0.3) is 0 Å². The number of unbranched alkanes of at least 4 members (excludes halogenated alkanes) is 1. The molecule has 4 nitrogen and oxygen atoms in total. The van der Waals surface area contributed by atoms with Crippen LogP contribution < -0.4 is 5.73 Å². The molecule has 0 amide bonds. The van der Waals surface area contributed by atoms with Gasteiger partial charge >= 0.3 is 5.97 Å². The summed E-state index contributed by atoms with van der Waals surface area (Å²) in [5.41, 5.74) is 5.67. The van der Waals surface area contributed by atoms with Crippen LogP contribution in [0.1, 0.15) is 39.0 Å². The van der Waals surface area contributed by atoms with Crippen LogP contribution in [0.25, 0.3) is 0 Å². The van der Waals surface area contributed by atoms with Gasteiger partial charge in [-0.3, -0.25) is 4.79 Å². The lowest BCUT2D eigenvalue weighted by molar-refractivity contribution is -0.148. The number of ether oxygens (including phenoxy) is 2. The Morgan fingerprint density at radius 1 is 1.67 bits per heavy atom. The zero-order valence-electron chi connectivity index (χ0n) is 9.41. The van der Waals surface area contributed by atoms with E-state index in [1.807, 2.05) is 0 Å². The highest BCUT2D eigenvalue weighted by Crippen LogP contribution is 2.12. The third-order valence-corrected chi connectivity index (χ3v) is 2.61. The molecule has 1 saturated heterocycles. The number of rotatable bonds is 6. The molecule has 0 spiro atoms. The predicted molar refractivity (Wildman–Crippen MR) is 57.4 cm³/mol. The van der Waals surface area contributed by atoms with Crippen LogP contribution in [0.15, 0.2) is 0 Å². The number of hydrogen-bond acceptors (Lipinski definition) is 4. The Hall–Kier alpha value is -0.610. The zero-order valence-corrected chi connectivity index (χ0v) is 9.41. The highest BCUT2D eigenvalue weighted by molar-refractivity contribution is 5.75. The van der Waals surface area contributed by atoms with Crippen molar-refractivity contribution in [2.75, 3.05) is 13.2 Å². The van der Waals surface area contributed by atoms with Crippen molar-refractivity contribution in [2.24, 2.45) is 5.73 Å². The normalized spacial score (nSPS) is 22.7. The molecule has 0 saturated carbocycles. The minimum absolute atomic E-state index is 0.0901. The number of hydrogen-bond donors (Lipinski definition) is 1. The zero-order chi connectivity index (χ0) is 11.1. The van der Waals surface area contributed by atoms with Gasteiger partial charge in [-0.25, -0.2) is 0 Å². The van der Waals surface area contributed by atoms with Crippen molar-refractivity contribution in [2.45, 2.75) is 51.2 Å². The predicted octanol–water partition coefficient (Wildman–Crippen LogP) is 1.23. The summed E-state index contributed by atoms with van der Waals surface area (Å²) in [6.45, 7) is 3.22. The summed E-state index contributed by atoms with van der Waals surface area (Å²) in [5, 5.41) is 0. The molecule has 1 aliphatic heterocycles. The van der Waals surface area contributed by atoms with Crippen molar-refractivity contribution in [3.63, 3.8) is 0 Å². The molecule has 0 bridgehead atoms. The molecule has 1 aliphatic rings. The third kappa shape index (κ3) is 4.62. The quantitative estimate of drug-likeness (QED) is 0.677. The molecule has 2 N–H and O–H groups in total. The molecule has 0 aromatic heterocycles. The van der Waals surface area contributed by atoms with E-state index < -0.39 is 6.04 Å². The van der Waals surface area contributed by atoms with E-state index in [1.54, 1.807) is 0 Å². The minimum Gasteiger partial charge on any atom is -0.462 e. The van der Waals surface area contributed by atoms with Gasteiger partial charge in [-0.05, 0) is 19.3 Å². The van der Waals surface area contributed by atoms with Gasteiger partial charge in [-0.2, -0.15) is 0 Å². The van der Waals surface area contributed by atoms with Gasteiger partial charge in [-0.1, -0.05) is 19.8 Å². The molecule has 0 aromatic rings. The minimum atomic E-state index is -0.466. The van der Waals surface area contributed by atoms with Gasteiger partial charge in [0, 0.05) is 6.61 Å². The molecule has 1 heterocycles. The fraction of sp³-hybridized carbons (Fsp3) is 0.909. The van der Waals surface area contributed by atoms with Gasteiger partial charge in [0.1, 0.15) is 12.6 Å². The number of carbonyl (C=O) groups is 1. The summed E-state index contributed by atoms with van der Waals surface area (Å²) in [6, 6.07) is -0.466. The van der Waals surface area contributed by atoms with Crippen LogP contribution in [0.5, 0.6) is 0 Å². The fourth-order valence-electron chi connectivity index (χ4n) is 1.60. The van der Waals surface area contributed by atoms with E-state index in [-0.39, 0.29) is 12.1 Å². The first kappa shape index (κ1) is 12.5. The maximum absolute atomic E-state index is 11.4. The largest absolute Gasteiger partial charge is 0.462 e. The van der Waals surface area contributed by atoms with Crippen molar-refractivity contribution in [1.29, 1.82) is 0 Å². The van der Waals surface area contributed by atoms with Crippen molar-refractivity contribution in [1.82, 2.24) is 0 Å². The summed E-state index contributed by atoms with van der Waals surface area (Å²) in [6.07, 6.45) is 4.86. The Morgan fingerprint density at radius 2 is 2.47 bits per heavy atom. The second-order valence-corrected chi connectivity index (χ2v) is 4.01. The molecule has 88 valence electrons. The first-order chi connectivity index (χ1) is 7.24. The van der Waals surface area contributed by atoms with Crippen LogP contribution >= 0.6 is 0 Å². The standard InChI is InChI=1S/C11H21NO3/c1-2-3-6-10(12)11(13)15-8-9-5-4-7-14-9/h9-10H,2-8,12H2,1H3/t9?,10-/m0/s1. The van der Waals surface area contributed by atoms with E-state index in [0.29, 0.717) is 13.0 Å². The molecular weight excluding hydrogens is 194 g/mol. The summed E-state index contributed by atoms with van der Waals surface area (Å²) in [5.74, 6) is -0.293. The van der Waals surface area contributed by atoms with Crippen LogP contribution in [-0.2, 0) is 14.3 Å². The molecule has 0 aromatic carbocycles.